The van der Waals surface area contributed by atoms with Crippen LogP contribution in [0, 0.1) is 0 Å². The number of carboxylic acids is 1. The molecule has 0 aliphatic rings. The first kappa shape index (κ1) is 8.67. The van der Waals surface area contributed by atoms with E-state index in [0.29, 0.717) is 0 Å². The van der Waals surface area contributed by atoms with Crippen LogP contribution in [-0.4, -0.2) is 16.2 Å². The van der Waals surface area contributed by atoms with E-state index in [9.17, 15) is 4.79 Å². The fourth-order valence-corrected chi connectivity index (χ4v) is 0.908. The number of carbonyl (C=O) groups is 1. The van der Waals surface area contributed by atoms with Crippen molar-refractivity contribution < 1.29 is 15.0 Å². The number of hydrogen-bond donors (Lipinski definition) is 3. The summed E-state index contributed by atoms with van der Waals surface area (Å²) in [6.07, 6.45) is 0. The van der Waals surface area contributed by atoms with E-state index in [0.717, 1.165) is 0 Å². The molecular formula is C7H6ClNO3. The van der Waals surface area contributed by atoms with Crippen LogP contribution in [0.1, 0.15) is 10.4 Å². The van der Waals surface area contributed by atoms with Gasteiger partial charge in [0.15, 0.2) is 5.75 Å². The molecule has 4 nitrogen and oxygen atoms in total. The number of carboxylic acid groups (broad SMARTS) is 1. The summed E-state index contributed by atoms with van der Waals surface area (Å²) in [5, 5.41) is 17.8. The molecule has 4 N–H and O–H groups in total. The fourth-order valence-electron chi connectivity index (χ4n) is 0.756. The molecule has 0 fully saturated rings. The van der Waals surface area contributed by atoms with Crippen molar-refractivity contribution in [1.29, 1.82) is 0 Å². The van der Waals surface area contributed by atoms with Crippen LogP contribution >= 0.6 is 11.6 Å². The van der Waals surface area contributed by atoms with E-state index >= 15 is 0 Å². The summed E-state index contributed by atoms with van der Waals surface area (Å²) in [5.74, 6) is -1.73. The van der Waals surface area contributed by atoms with Gasteiger partial charge in [0.2, 0.25) is 0 Å². The average molecular weight is 188 g/mol. The lowest BCUT2D eigenvalue weighted by molar-refractivity contribution is 0.0694. The van der Waals surface area contributed by atoms with Crippen molar-refractivity contribution in [2.24, 2.45) is 0 Å². The molecule has 0 atom stereocenters. The molecule has 64 valence electrons. The lowest BCUT2D eigenvalue weighted by Gasteiger charge is -2.03. The number of nitrogens with two attached hydrogens (primary N) is 1. The van der Waals surface area contributed by atoms with Crippen molar-refractivity contribution in [3.05, 3.63) is 22.7 Å². The number of aromatic carboxylic acids is 1. The predicted molar refractivity (Wildman–Crippen MR) is 44.5 cm³/mol. The van der Waals surface area contributed by atoms with Crippen molar-refractivity contribution in [3.63, 3.8) is 0 Å². The molecule has 0 unspecified atom stereocenters. The van der Waals surface area contributed by atoms with Gasteiger partial charge in [-0.25, -0.2) is 4.79 Å². The highest BCUT2D eigenvalue weighted by Crippen LogP contribution is 2.31. The molecule has 0 bridgehead atoms. The SMILES string of the molecule is Nc1c(Cl)ccc(C(=O)O)c1O. The van der Waals surface area contributed by atoms with Crippen molar-refractivity contribution >= 4 is 23.3 Å². The van der Waals surface area contributed by atoms with E-state index in [-0.39, 0.29) is 16.3 Å². The third-order valence-corrected chi connectivity index (χ3v) is 1.72. The van der Waals surface area contributed by atoms with Gasteiger partial charge in [0.1, 0.15) is 5.56 Å². The standard InChI is InChI=1S/C7H6ClNO3/c8-4-2-1-3(7(11)12)6(10)5(4)9/h1-2,10H,9H2,(H,11,12). The summed E-state index contributed by atoms with van der Waals surface area (Å²) < 4.78 is 0. The first-order valence-electron chi connectivity index (χ1n) is 3.04. The Labute approximate surface area is 73.2 Å². The van der Waals surface area contributed by atoms with Gasteiger partial charge in [-0.2, -0.15) is 0 Å². The van der Waals surface area contributed by atoms with Gasteiger partial charge in [0, 0.05) is 0 Å². The van der Waals surface area contributed by atoms with Crippen molar-refractivity contribution in [2.75, 3.05) is 5.73 Å². The second-order valence-electron chi connectivity index (χ2n) is 2.16. The molecule has 12 heavy (non-hydrogen) atoms. The van der Waals surface area contributed by atoms with Gasteiger partial charge in [-0.1, -0.05) is 11.6 Å². The summed E-state index contributed by atoms with van der Waals surface area (Å²) in [5.41, 5.74) is 4.91. The highest BCUT2D eigenvalue weighted by atomic mass is 35.5. The molecule has 5 heteroatoms. The summed E-state index contributed by atoms with van der Waals surface area (Å²) in [6, 6.07) is 2.51. The zero-order valence-electron chi connectivity index (χ0n) is 5.91. The number of rotatable bonds is 1. The molecule has 0 heterocycles. The molecule has 1 rings (SSSR count). The largest absolute Gasteiger partial charge is 0.505 e. The van der Waals surface area contributed by atoms with Crippen LogP contribution in [0.5, 0.6) is 5.75 Å². The van der Waals surface area contributed by atoms with Gasteiger partial charge < -0.3 is 15.9 Å². The molecule has 1 aromatic carbocycles. The lowest BCUT2D eigenvalue weighted by atomic mass is 10.2. The minimum absolute atomic E-state index is 0.114. The van der Waals surface area contributed by atoms with Gasteiger partial charge in [-0.3, -0.25) is 0 Å². The molecule has 0 spiro atoms. The van der Waals surface area contributed by atoms with E-state index in [1.807, 2.05) is 0 Å². The van der Waals surface area contributed by atoms with Crippen molar-refractivity contribution in [1.82, 2.24) is 0 Å². The minimum atomic E-state index is -1.24. The molecule has 0 saturated carbocycles. The first-order chi connectivity index (χ1) is 5.54. The van der Waals surface area contributed by atoms with E-state index < -0.39 is 11.7 Å². The van der Waals surface area contributed by atoms with E-state index in [1.165, 1.54) is 12.1 Å². The summed E-state index contributed by atoms with van der Waals surface area (Å²) >= 11 is 5.51. The maximum atomic E-state index is 10.4. The van der Waals surface area contributed by atoms with Gasteiger partial charge in [0.05, 0.1) is 10.7 Å². The van der Waals surface area contributed by atoms with Crippen LogP contribution in [0.3, 0.4) is 0 Å². The Kier molecular flexibility index (Phi) is 2.10. The Balaban J connectivity index is 3.36. The van der Waals surface area contributed by atoms with E-state index in [1.54, 1.807) is 0 Å². The monoisotopic (exact) mass is 187 g/mol. The quantitative estimate of drug-likeness (QED) is 0.458. The maximum absolute atomic E-state index is 10.4. The second kappa shape index (κ2) is 2.91. The summed E-state index contributed by atoms with van der Waals surface area (Å²) in [7, 11) is 0. The number of aromatic hydroxyl groups is 1. The highest BCUT2D eigenvalue weighted by Gasteiger charge is 2.13. The minimum Gasteiger partial charge on any atom is -0.505 e. The van der Waals surface area contributed by atoms with Crippen molar-refractivity contribution in [2.45, 2.75) is 0 Å². The Morgan fingerprint density at radius 1 is 1.50 bits per heavy atom. The summed E-state index contributed by atoms with van der Waals surface area (Å²) in [4.78, 5) is 10.4. The zero-order chi connectivity index (χ0) is 9.30. The van der Waals surface area contributed by atoms with Crippen LogP contribution in [0.2, 0.25) is 5.02 Å². The number of nitrogen functional groups attached to an aromatic ring is 1. The molecule has 0 radical (unpaired) electrons. The number of halogens is 1. The van der Waals surface area contributed by atoms with Crippen LogP contribution in [0.15, 0.2) is 12.1 Å². The van der Waals surface area contributed by atoms with Crippen LogP contribution < -0.4 is 5.73 Å². The molecule has 1 aromatic rings. The fraction of sp³-hybridized carbons (Fsp3) is 0. The van der Waals surface area contributed by atoms with Gasteiger partial charge in [0.25, 0.3) is 0 Å². The molecule has 0 amide bonds. The third-order valence-electron chi connectivity index (χ3n) is 1.39. The zero-order valence-corrected chi connectivity index (χ0v) is 6.67. The Morgan fingerprint density at radius 2 is 2.08 bits per heavy atom. The van der Waals surface area contributed by atoms with E-state index in [4.69, 9.17) is 27.5 Å². The maximum Gasteiger partial charge on any atom is 0.339 e. The van der Waals surface area contributed by atoms with Crippen LogP contribution in [0.4, 0.5) is 5.69 Å². The number of benzene rings is 1. The van der Waals surface area contributed by atoms with Gasteiger partial charge in [-0.05, 0) is 12.1 Å². The lowest BCUT2D eigenvalue weighted by Crippen LogP contribution is -1.99. The average Bonchev–Trinajstić information content (AvgIpc) is 2.00. The van der Waals surface area contributed by atoms with Crippen LogP contribution in [-0.2, 0) is 0 Å². The smallest absolute Gasteiger partial charge is 0.339 e. The summed E-state index contributed by atoms with van der Waals surface area (Å²) in [6.45, 7) is 0. The molecule has 0 saturated heterocycles. The Bertz CT molecular complexity index is 338. The normalized spacial score (nSPS) is 9.75. The first-order valence-corrected chi connectivity index (χ1v) is 3.42. The second-order valence-corrected chi connectivity index (χ2v) is 2.57. The predicted octanol–water partition coefficient (Wildman–Crippen LogP) is 1.33. The molecule has 0 aliphatic carbocycles. The Morgan fingerprint density at radius 3 is 2.58 bits per heavy atom. The molecular weight excluding hydrogens is 182 g/mol. The van der Waals surface area contributed by atoms with Crippen molar-refractivity contribution in [3.8, 4) is 5.75 Å². The third kappa shape index (κ3) is 1.29. The van der Waals surface area contributed by atoms with Gasteiger partial charge >= 0.3 is 5.97 Å². The highest BCUT2D eigenvalue weighted by molar-refractivity contribution is 6.33. The topological polar surface area (TPSA) is 83.6 Å². The Hall–Kier alpha value is -1.42. The van der Waals surface area contributed by atoms with Gasteiger partial charge in [-0.15, -0.1) is 0 Å². The number of hydrogen-bond acceptors (Lipinski definition) is 3. The molecule has 0 aliphatic heterocycles. The molecule has 0 aromatic heterocycles. The number of anilines is 1. The van der Waals surface area contributed by atoms with Crippen LogP contribution in [0.25, 0.3) is 0 Å². The number of phenols is 1. The van der Waals surface area contributed by atoms with E-state index in [2.05, 4.69) is 0 Å².